The molecule has 7 heteroatoms. The molecule has 0 unspecified atom stereocenters. The lowest BCUT2D eigenvalue weighted by molar-refractivity contribution is -0.119. The monoisotopic (exact) mass is 343 g/mol. The van der Waals surface area contributed by atoms with E-state index in [2.05, 4.69) is 10.3 Å². The van der Waals surface area contributed by atoms with Crippen LogP contribution in [0.2, 0.25) is 0 Å². The van der Waals surface area contributed by atoms with Gasteiger partial charge in [-0.2, -0.15) is 0 Å². The summed E-state index contributed by atoms with van der Waals surface area (Å²) in [5.41, 5.74) is 5.79. The number of nitrogens with zero attached hydrogens (tertiary/aromatic N) is 1. The average molecular weight is 343 g/mol. The molecule has 0 saturated carbocycles. The van der Waals surface area contributed by atoms with Crippen LogP contribution >= 0.6 is 0 Å². The summed E-state index contributed by atoms with van der Waals surface area (Å²) in [6.45, 7) is 4.75. The molecule has 25 heavy (non-hydrogen) atoms. The molecule has 132 valence electrons. The van der Waals surface area contributed by atoms with E-state index in [0.717, 1.165) is 10.8 Å². The van der Waals surface area contributed by atoms with Gasteiger partial charge in [0.1, 0.15) is 5.75 Å². The van der Waals surface area contributed by atoms with Gasteiger partial charge < -0.3 is 20.5 Å². The number of carbonyl (C=O) groups excluding carboxylic acids is 2. The number of primary amides is 1. The van der Waals surface area contributed by atoms with Crippen molar-refractivity contribution in [2.45, 2.75) is 26.4 Å². The molecule has 7 nitrogen and oxygen atoms in total. The zero-order chi connectivity index (χ0) is 18.0. The van der Waals surface area contributed by atoms with E-state index in [1.165, 1.54) is 0 Å². The Morgan fingerprint density at radius 2 is 2.24 bits per heavy atom. The van der Waals surface area contributed by atoms with Crippen molar-refractivity contribution in [2.24, 2.45) is 11.7 Å². The van der Waals surface area contributed by atoms with Gasteiger partial charge in [0.05, 0.1) is 18.3 Å². The lowest BCUT2D eigenvalue weighted by atomic mass is 10.1. The van der Waals surface area contributed by atoms with Crippen molar-refractivity contribution >= 4 is 22.6 Å². The molecule has 0 bridgehead atoms. The summed E-state index contributed by atoms with van der Waals surface area (Å²) in [4.78, 5) is 27.3. The van der Waals surface area contributed by atoms with E-state index >= 15 is 0 Å². The molecule has 1 aromatic carbocycles. The number of hydrogen-bond acceptors (Lipinski definition) is 5. The zero-order valence-electron chi connectivity index (χ0n) is 14.2. The number of amides is 2. The van der Waals surface area contributed by atoms with Crippen LogP contribution < -0.4 is 20.5 Å². The van der Waals surface area contributed by atoms with Gasteiger partial charge in [0.2, 0.25) is 11.8 Å². The fourth-order valence-corrected chi connectivity index (χ4v) is 2.81. The molecule has 0 spiro atoms. The highest BCUT2D eigenvalue weighted by molar-refractivity contribution is 6.01. The highest BCUT2D eigenvalue weighted by atomic mass is 16.5. The molecule has 3 N–H and O–H groups in total. The minimum absolute atomic E-state index is 0.0400. The third kappa shape index (κ3) is 3.81. The Balaban J connectivity index is 1.93. The van der Waals surface area contributed by atoms with Gasteiger partial charge in [-0.15, -0.1) is 0 Å². The number of nitrogens with one attached hydrogen (secondary N) is 1. The predicted octanol–water partition coefficient (Wildman–Crippen LogP) is 1.64. The molecule has 0 aliphatic carbocycles. The number of benzene rings is 1. The summed E-state index contributed by atoms with van der Waals surface area (Å²) in [6.07, 6.45) is 1.97. The van der Waals surface area contributed by atoms with Gasteiger partial charge in [0.15, 0.2) is 0 Å². The number of hydrogen-bond donors (Lipinski definition) is 2. The molecule has 3 rings (SSSR count). The minimum Gasteiger partial charge on any atom is -0.490 e. The van der Waals surface area contributed by atoms with Crippen LogP contribution in [0.25, 0.3) is 10.8 Å². The molecule has 0 radical (unpaired) electrons. The predicted molar refractivity (Wildman–Crippen MR) is 92.6 cm³/mol. The molecule has 2 aromatic rings. The van der Waals surface area contributed by atoms with Gasteiger partial charge >= 0.3 is 0 Å². The number of aromatic nitrogens is 1. The maximum atomic E-state index is 11.7. The van der Waals surface area contributed by atoms with Crippen LogP contribution in [-0.4, -0.2) is 36.1 Å². The first-order valence-electron chi connectivity index (χ1n) is 8.22. The van der Waals surface area contributed by atoms with Gasteiger partial charge in [0, 0.05) is 30.5 Å². The lowest BCUT2D eigenvalue weighted by Gasteiger charge is -2.16. The Morgan fingerprint density at radius 1 is 1.44 bits per heavy atom. The van der Waals surface area contributed by atoms with Crippen molar-refractivity contribution < 1.29 is 19.1 Å². The van der Waals surface area contributed by atoms with E-state index in [9.17, 15) is 9.59 Å². The Hall–Kier alpha value is -2.83. The molecule has 2 amide bonds. The topological polar surface area (TPSA) is 104 Å². The van der Waals surface area contributed by atoms with Gasteiger partial charge in [-0.3, -0.25) is 9.59 Å². The fourth-order valence-electron chi connectivity index (χ4n) is 2.81. The Kier molecular flexibility index (Phi) is 4.74. The number of carbonyl (C=O) groups is 2. The number of pyridine rings is 1. The average Bonchev–Trinajstić information content (AvgIpc) is 2.97. The van der Waals surface area contributed by atoms with Gasteiger partial charge in [-0.25, -0.2) is 4.98 Å². The molecular formula is C18H21N3O4. The summed E-state index contributed by atoms with van der Waals surface area (Å²) in [6, 6.07) is 5.20. The lowest BCUT2D eigenvalue weighted by Crippen LogP contribution is -2.17. The van der Waals surface area contributed by atoms with Crippen molar-refractivity contribution in [1.29, 1.82) is 0 Å². The highest BCUT2D eigenvalue weighted by Crippen LogP contribution is 2.31. The van der Waals surface area contributed by atoms with Gasteiger partial charge in [-0.05, 0) is 37.4 Å². The van der Waals surface area contributed by atoms with E-state index in [1.54, 1.807) is 24.4 Å². The number of fused-ring (bicyclic) bond motifs is 1. The second-order valence-electron chi connectivity index (χ2n) is 6.40. The zero-order valence-corrected chi connectivity index (χ0v) is 14.2. The smallest absolute Gasteiger partial charge is 0.252 e. The van der Waals surface area contributed by atoms with Crippen LogP contribution in [0, 0.1) is 5.92 Å². The van der Waals surface area contributed by atoms with Crippen LogP contribution in [0.3, 0.4) is 0 Å². The van der Waals surface area contributed by atoms with E-state index in [1.807, 2.05) is 13.8 Å². The summed E-state index contributed by atoms with van der Waals surface area (Å²) >= 11 is 0. The fraction of sp³-hybridized carbons (Fsp3) is 0.389. The highest BCUT2D eigenvalue weighted by Gasteiger charge is 2.22. The molecule has 1 saturated heterocycles. The second-order valence-corrected chi connectivity index (χ2v) is 6.40. The van der Waals surface area contributed by atoms with Gasteiger partial charge in [-0.1, -0.05) is 0 Å². The van der Waals surface area contributed by atoms with Crippen LogP contribution in [0.5, 0.6) is 11.6 Å². The quantitative estimate of drug-likeness (QED) is 0.830. The Bertz CT molecular complexity index is 819. The van der Waals surface area contributed by atoms with E-state index < -0.39 is 5.91 Å². The van der Waals surface area contributed by atoms with E-state index in [0.29, 0.717) is 36.8 Å². The molecule has 1 aliphatic heterocycles. The SMILES string of the molecule is CC(C)Oc1cc2c(OC[C@H]3CNC(=O)C3)nccc2cc1C(N)=O. The summed E-state index contributed by atoms with van der Waals surface area (Å²) in [5.74, 6) is 0.471. The molecule has 1 aromatic heterocycles. The van der Waals surface area contributed by atoms with Gasteiger partial charge in [0.25, 0.3) is 5.91 Å². The van der Waals surface area contributed by atoms with Crippen molar-refractivity contribution in [3.05, 3.63) is 30.0 Å². The third-order valence-corrected chi connectivity index (χ3v) is 3.97. The van der Waals surface area contributed by atoms with Crippen LogP contribution in [0.1, 0.15) is 30.6 Å². The van der Waals surface area contributed by atoms with Crippen LogP contribution in [0.15, 0.2) is 24.4 Å². The Morgan fingerprint density at radius 3 is 2.88 bits per heavy atom. The first-order chi connectivity index (χ1) is 11.9. The molecular weight excluding hydrogens is 322 g/mol. The largest absolute Gasteiger partial charge is 0.490 e. The second kappa shape index (κ2) is 6.96. The normalized spacial score (nSPS) is 16.9. The number of rotatable bonds is 6. The van der Waals surface area contributed by atoms with Crippen molar-refractivity contribution in [2.75, 3.05) is 13.2 Å². The number of ether oxygens (including phenoxy) is 2. The van der Waals surface area contributed by atoms with Crippen molar-refractivity contribution in [3.8, 4) is 11.6 Å². The van der Waals surface area contributed by atoms with Crippen LogP contribution in [0.4, 0.5) is 0 Å². The summed E-state index contributed by atoms with van der Waals surface area (Å²) in [5, 5.41) is 4.31. The van der Waals surface area contributed by atoms with Crippen molar-refractivity contribution in [1.82, 2.24) is 10.3 Å². The molecule has 1 fully saturated rings. The first kappa shape index (κ1) is 17.0. The maximum Gasteiger partial charge on any atom is 0.252 e. The third-order valence-electron chi connectivity index (χ3n) is 3.97. The Labute approximate surface area is 145 Å². The van der Waals surface area contributed by atoms with E-state index in [-0.39, 0.29) is 17.9 Å². The standard InChI is InChI=1S/C18H21N3O4/c1-10(2)25-15-7-13-12(6-14(15)17(19)23)3-4-20-18(13)24-9-11-5-16(22)21-8-11/h3-4,6-7,10-11H,5,8-9H2,1-2H3,(H2,19,23)(H,21,22)/t11-/m1/s1. The first-order valence-corrected chi connectivity index (χ1v) is 8.22. The molecule has 1 atom stereocenters. The maximum absolute atomic E-state index is 11.7. The number of nitrogens with two attached hydrogens (primary N) is 1. The van der Waals surface area contributed by atoms with E-state index in [4.69, 9.17) is 15.2 Å². The minimum atomic E-state index is -0.549. The molecule has 2 heterocycles. The summed E-state index contributed by atoms with van der Waals surface area (Å²) < 4.78 is 11.6. The van der Waals surface area contributed by atoms with Crippen LogP contribution in [-0.2, 0) is 4.79 Å². The molecule has 1 aliphatic rings. The summed E-state index contributed by atoms with van der Waals surface area (Å²) in [7, 11) is 0. The van der Waals surface area contributed by atoms with Crippen molar-refractivity contribution in [3.63, 3.8) is 0 Å².